The Labute approximate surface area is 210 Å². The second kappa shape index (κ2) is 23.6. The summed E-state index contributed by atoms with van der Waals surface area (Å²) in [4.78, 5) is 13.7. The summed E-state index contributed by atoms with van der Waals surface area (Å²) in [5, 5.41) is 11.5. The molecule has 170 valence electrons. The summed E-state index contributed by atoms with van der Waals surface area (Å²) in [5.74, 6) is -0.972. The van der Waals surface area contributed by atoms with Crippen LogP contribution in [0.5, 0.6) is 0 Å². The number of carboxylic acid groups (broad SMARTS) is 1. The molecule has 0 aromatic rings. The van der Waals surface area contributed by atoms with Crippen molar-refractivity contribution < 1.29 is 39.5 Å². The van der Waals surface area contributed by atoms with E-state index in [1.807, 2.05) is 0 Å². The molecular formula is C26H48NNaO2. The number of carbonyl (C=O) groups excluding carboxylic acids is 1. The van der Waals surface area contributed by atoms with Crippen molar-refractivity contribution in [1.29, 1.82) is 0 Å². The molecule has 0 radical (unpaired) electrons. The molecule has 2 atom stereocenters. The van der Waals surface area contributed by atoms with E-state index in [4.69, 9.17) is 0 Å². The Balaban J connectivity index is 0. The van der Waals surface area contributed by atoms with Crippen LogP contribution in [-0.4, -0.2) is 29.5 Å². The average Bonchev–Trinajstić information content (AvgIpc) is 2.69. The minimum absolute atomic E-state index is 0. The molecule has 0 saturated heterocycles. The minimum Gasteiger partial charge on any atom is -0.549 e. The van der Waals surface area contributed by atoms with Crippen LogP contribution in [0.15, 0.2) is 24.3 Å². The van der Waals surface area contributed by atoms with E-state index in [0.29, 0.717) is 0 Å². The third-order valence-corrected chi connectivity index (χ3v) is 5.50. The summed E-state index contributed by atoms with van der Waals surface area (Å²) in [6, 6.07) is 0.343. The van der Waals surface area contributed by atoms with Gasteiger partial charge in [-0.2, -0.15) is 0 Å². The maximum absolute atomic E-state index is 11.5. The Bertz CT molecular complexity index is 405. The van der Waals surface area contributed by atoms with Crippen molar-refractivity contribution >= 4 is 5.97 Å². The van der Waals surface area contributed by atoms with Crippen molar-refractivity contribution in [2.45, 2.75) is 130 Å². The van der Waals surface area contributed by atoms with Crippen molar-refractivity contribution in [1.82, 2.24) is 4.90 Å². The van der Waals surface area contributed by atoms with E-state index < -0.39 is 5.97 Å². The van der Waals surface area contributed by atoms with E-state index in [1.54, 1.807) is 0 Å². The number of carboxylic acids is 1. The summed E-state index contributed by atoms with van der Waals surface area (Å²) in [5.41, 5.74) is 0. The van der Waals surface area contributed by atoms with Gasteiger partial charge in [0.05, 0.1) is 5.97 Å². The molecule has 3 nitrogen and oxygen atoms in total. The average molecular weight is 430 g/mol. The minimum atomic E-state index is -0.972. The van der Waals surface area contributed by atoms with Crippen LogP contribution < -0.4 is 34.7 Å². The van der Waals surface area contributed by atoms with Gasteiger partial charge in [-0.15, -0.1) is 0 Å². The molecule has 0 aliphatic carbocycles. The van der Waals surface area contributed by atoms with Crippen LogP contribution in [-0.2, 0) is 4.79 Å². The standard InChI is InChI=1S/C26H49NO2.Na/c1-5-9-11-13-15-17-21-24(19-7-3)27(23-26(28)29)25(20-8-4)22-18-16-14-12-10-6-2;/h17-18,21-22,24-25H,5-16,19-20,23H2,1-4H3,(H,28,29);/q;+1/p-1/b21-17+,22-18+;. The monoisotopic (exact) mass is 429 g/mol. The van der Waals surface area contributed by atoms with Crippen LogP contribution >= 0.6 is 0 Å². The Morgan fingerprint density at radius 1 is 0.733 bits per heavy atom. The number of hydrogen-bond acceptors (Lipinski definition) is 3. The Kier molecular flexibility index (Phi) is 25.2. The first-order valence-electron chi connectivity index (χ1n) is 12.4. The summed E-state index contributed by atoms with van der Waals surface area (Å²) in [6.45, 7) is 8.83. The van der Waals surface area contributed by atoms with E-state index >= 15 is 0 Å². The summed E-state index contributed by atoms with van der Waals surface area (Å²) in [6.07, 6.45) is 25.4. The second-order valence-corrected chi connectivity index (χ2v) is 8.31. The predicted molar refractivity (Wildman–Crippen MR) is 125 cm³/mol. The number of allylic oxidation sites excluding steroid dienone is 2. The quantitative estimate of drug-likeness (QED) is 0.169. The van der Waals surface area contributed by atoms with Gasteiger partial charge in [0.1, 0.15) is 0 Å². The third kappa shape index (κ3) is 17.6. The Hall–Kier alpha value is -0.0900. The van der Waals surface area contributed by atoms with Crippen molar-refractivity contribution in [3.63, 3.8) is 0 Å². The van der Waals surface area contributed by atoms with Crippen molar-refractivity contribution in [2.75, 3.05) is 6.54 Å². The van der Waals surface area contributed by atoms with E-state index in [-0.39, 0.29) is 48.2 Å². The maximum atomic E-state index is 11.5. The second-order valence-electron chi connectivity index (χ2n) is 8.31. The van der Waals surface area contributed by atoms with Gasteiger partial charge < -0.3 is 9.90 Å². The predicted octanol–water partition coefficient (Wildman–Crippen LogP) is 3.43. The van der Waals surface area contributed by atoms with Gasteiger partial charge in [0.15, 0.2) is 0 Å². The van der Waals surface area contributed by atoms with Gasteiger partial charge in [0, 0.05) is 18.6 Å². The molecule has 0 rings (SSSR count). The summed E-state index contributed by atoms with van der Waals surface area (Å²) < 4.78 is 0. The zero-order valence-electron chi connectivity index (χ0n) is 20.8. The molecule has 0 N–H and O–H groups in total. The maximum Gasteiger partial charge on any atom is 1.00 e. The first kappa shape index (κ1) is 32.1. The molecule has 4 heteroatoms. The van der Waals surface area contributed by atoms with Crippen LogP contribution in [0.1, 0.15) is 118 Å². The molecule has 0 aromatic carbocycles. The molecule has 2 unspecified atom stereocenters. The van der Waals surface area contributed by atoms with Crippen LogP contribution in [0.3, 0.4) is 0 Å². The van der Waals surface area contributed by atoms with E-state index in [9.17, 15) is 9.90 Å². The van der Waals surface area contributed by atoms with Crippen molar-refractivity contribution in [3.8, 4) is 0 Å². The molecule has 0 aliphatic rings. The van der Waals surface area contributed by atoms with Gasteiger partial charge in [-0.05, 0) is 38.5 Å². The van der Waals surface area contributed by atoms with Gasteiger partial charge in [-0.3, -0.25) is 4.90 Å². The molecule has 0 heterocycles. The largest absolute Gasteiger partial charge is 1.00 e. The summed E-state index contributed by atoms with van der Waals surface area (Å²) in [7, 11) is 0. The van der Waals surface area contributed by atoms with Crippen molar-refractivity contribution in [2.24, 2.45) is 0 Å². The molecule has 0 saturated carbocycles. The topological polar surface area (TPSA) is 43.4 Å². The number of unbranched alkanes of at least 4 members (excludes halogenated alkanes) is 8. The fraction of sp³-hybridized carbons (Fsp3) is 0.808. The van der Waals surface area contributed by atoms with Gasteiger partial charge in [0.25, 0.3) is 0 Å². The van der Waals surface area contributed by atoms with E-state index in [2.05, 4.69) is 56.9 Å². The van der Waals surface area contributed by atoms with Crippen LogP contribution in [0.4, 0.5) is 0 Å². The Morgan fingerprint density at radius 3 is 1.50 bits per heavy atom. The Morgan fingerprint density at radius 2 is 1.17 bits per heavy atom. The number of nitrogens with zero attached hydrogens (tertiary/aromatic N) is 1. The number of carbonyl (C=O) groups is 1. The molecule has 0 amide bonds. The van der Waals surface area contributed by atoms with Crippen molar-refractivity contribution in [3.05, 3.63) is 24.3 Å². The van der Waals surface area contributed by atoms with Gasteiger partial charge in [0.2, 0.25) is 0 Å². The van der Waals surface area contributed by atoms with E-state index in [1.165, 1.54) is 51.4 Å². The zero-order valence-corrected chi connectivity index (χ0v) is 22.8. The molecule has 30 heavy (non-hydrogen) atoms. The van der Waals surface area contributed by atoms with E-state index in [0.717, 1.165) is 38.5 Å². The molecule has 0 spiro atoms. The number of rotatable bonds is 20. The molecular weight excluding hydrogens is 381 g/mol. The first-order chi connectivity index (χ1) is 14.1. The molecule has 0 aliphatic heterocycles. The fourth-order valence-corrected chi connectivity index (χ4v) is 3.85. The molecule has 0 bridgehead atoms. The number of aliphatic carboxylic acids is 1. The number of hydrogen-bond donors (Lipinski definition) is 0. The molecule has 0 aromatic heterocycles. The first-order valence-corrected chi connectivity index (χ1v) is 12.4. The van der Waals surface area contributed by atoms with Crippen LogP contribution in [0.2, 0.25) is 0 Å². The van der Waals surface area contributed by atoms with Crippen LogP contribution in [0, 0.1) is 0 Å². The van der Waals surface area contributed by atoms with Gasteiger partial charge in [-0.25, -0.2) is 0 Å². The van der Waals surface area contributed by atoms with Crippen LogP contribution in [0.25, 0.3) is 0 Å². The SMILES string of the molecule is CCCCCC/C=C/C(CCC)N(CC(=O)[O-])C(/C=C/CCCCCC)CCC.[Na+]. The molecule has 0 fully saturated rings. The third-order valence-electron chi connectivity index (χ3n) is 5.50. The summed E-state index contributed by atoms with van der Waals surface area (Å²) >= 11 is 0. The smallest absolute Gasteiger partial charge is 0.549 e. The normalized spacial score (nSPS) is 13.8. The van der Waals surface area contributed by atoms with Gasteiger partial charge >= 0.3 is 29.6 Å². The fourth-order valence-electron chi connectivity index (χ4n) is 3.85. The van der Waals surface area contributed by atoms with Gasteiger partial charge in [-0.1, -0.05) is 103 Å². The zero-order chi connectivity index (χ0) is 21.7.